The molecule has 0 spiro atoms. The third kappa shape index (κ3) is 3.03. The van der Waals surface area contributed by atoms with Crippen LogP contribution in [0.15, 0.2) is 24.3 Å². The Kier molecular flexibility index (Phi) is 4.43. The summed E-state index contributed by atoms with van der Waals surface area (Å²) in [5.41, 5.74) is 7.17. The summed E-state index contributed by atoms with van der Waals surface area (Å²) in [4.78, 5) is 13.7. The molecule has 1 aromatic carbocycles. The van der Waals surface area contributed by atoms with Gasteiger partial charge in [-0.2, -0.15) is 0 Å². The lowest BCUT2D eigenvalue weighted by Gasteiger charge is -2.17. The van der Waals surface area contributed by atoms with Gasteiger partial charge in [-0.15, -0.1) is 0 Å². The highest BCUT2D eigenvalue weighted by Crippen LogP contribution is 2.15. The zero-order valence-electron chi connectivity index (χ0n) is 9.56. The zero-order chi connectivity index (χ0) is 12.1. The first kappa shape index (κ1) is 12.6. The second-order valence-corrected chi connectivity index (χ2v) is 4.05. The number of nitrogens with two attached hydrogens (primary N) is 1. The Hall–Kier alpha value is -1.42. The third-order valence-corrected chi connectivity index (χ3v) is 2.61. The molecule has 0 aliphatic heterocycles. The normalized spacial score (nSPS) is 9.88. The van der Waals surface area contributed by atoms with E-state index in [0.717, 1.165) is 17.7 Å². The molecule has 0 aliphatic carbocycles. The van der Waals surface area contributed by atoms with E-state index >= 15 is 0 Å². The summed E-state index contributed by atoms with van der Waals surface area (Å²) in [6.07, 6.45) is 1.42. The van der Waals surface area contributed by atoms with E-state index in [2.05, 4.69) is 0 Å². The van der Waals surface area contributed by atoms with Crippen molar-refractivity contribution in [2.75, 3.05) is 11.9 Å². The fourth-order valence-electron chi connectivity index (χ4n) is 1.37. The van der Waals surface area contributed by atoms with E-state index in [-0.39, 0.29) is 5.91 Å². The average molecular weight is 236 g/mol. The van der Waals surface area contributed by atoms with Crippen molar-refractivity contribution >= 4 is 28.8 Å². The van der Waals surface area contributed by atoms with Crippen LogP contribution in [0.3, 0.4) is 0 Å². The second-order valence-electron chi connectivity index (χ2n) is 3.61. The van der Waals surface area contributed by atoms with E-state index < -0.39 is 0 Å². The smallest absolute Gasteiger partial charge is 0.226 e. The molecule has 0 atom stereocenters. The summed E-state index contributed by atoms with van der Waals surface area (Å²) in [6, 6.07) is 7.35. The van der Waals surface area contributed by atoms with Gasteiger partial charge in [-0.25, -0.2) is 0 Å². The molecule has 0 aromatic heterocycles. The van der Waals surface area contributed by atoms with Crippen molar-refractivity contribution in [3.8, 4) is 0 Å². The van der Waals surface area contributed by atoms with E-state index in [1.165, 1.54) is 0 Å². The third-order valence-electron chi connectivity index (χ3n) is 2.38. The first-order chi connectivity index (χ1) is 7.56. The molecule has 4 heteroatoms. The zero-order valence-corrected chi connectivity index (χ0v) is 10.4. The Morgan fingerprint density at radius 3 is 2.38 bits per heavy atom. The van der Waals surface area contributed by atoms with Gasteiger partial charge >= 0.3 is 0 Å². The van der Waals surface area contributed by atoms with Gasteiger partial charge < -0.3 is 10.6 Å². The number of anilines is 1. The maximum absolute atomic E-state index is 11.6. The van der Waals surface area contributed by atoms with Crippen molar-refractivity contribution in [1.82, 2.24) is 0 Å². The van der Waals surface area contributed by atoms with Crippen LogP contribution in [0.2, 0.25) is 0 Å². The Balaban J connectivity index is 2.81. The summed E-state index contributed by atoms with van der Waals surface area (Å²) in [5, 5.41) is 0. The Labute approximate surface area is 101 Å². The Morgan fingerprint density at radius 1 is 1.38 bits per heavy atom. The monoisotopic (exact) mass is 236 g/mol. The first-order valence-electron chi connectivity index (χ1n) is 5.22. The molecule has 0 saturated heterocycles. The van der Waals surface area contributed by atoms with Crippen molar-refractivity contribution in [1.29, 1.82) is 0 Å². The van der Waals surface area contributed by atoms with Crippen LogP contribution in [-0.2, 0) is 4.79 Å². The molecule has 0 heterocycles. The minimum absolute atomic E-state index is 0.116. The molecule has 2 N–H and O–H groups in total. The highest BCUT2D eigenvalue weighted by atomic mass is 32.1. The standard InChI is InChI=1S/C12H16N2OS/c1-3-4-11(15)14(2)10-7-5-9(6-8-10)12(13)16/h5-8H,3-4H2,1-2H3,(H2,13,16). The fourth-order valence-corrected chi connectivity index (χ4v) is 1.51. The summed E-state index contributed by atoms with van der Waals surface area (Å²) < 4.78 is 0. The molecule has 0 bridgehead atoms. The van der Waals surface area contributed by atoms with E-state index in [4.69, 9.17) is 18.0 Å². The van der Waals surface area contributed by atoms with E-state index in [0.29, 0.717) is 11.4 Å². The van der Waals surface area contributed by atoms with Crippen LogP contribution in [0.5, 0.6) is 0 Å². The molecule has 1 rings (SSSR count). The second kappa shape index (κ2) is 5.61. The van der Waals surface area contributed by atoms with Gasteiger partial charge in [-0.1, -0.05) is 19.1 Å². The quantitative estimate of drug-likeness (QED) is 0.814. The van der Waals surface area contributed by atoms with Crippen LogP contribution >= 0.6 is 12.2 Å². The lowest BCUT2D eigenvalue weighted by Crippen LogP contribution is -2.25. The topological polar surface area (TPSA) is 46.3 Å². The van der Waals surface area contributed by atoms with Gasteiger partial charge in [0.15, 0.2) is 0 Å². The largest absolute Gasteiger partial charge is 0.389 e. The van der Waals surface area contributed by atoms with E-state index in [9.17, 15) is 4.79 Å². The molecule has 0 radical (unpaired) electrons. The van der Waals surface area contributed by atoms with E-state index in [1.54, 1.807) is 11.9 Å². The van der Waals surface area contributed by atoms with Gasteiger partial charge in [0.2, 0.25) is 5.91 Å². The number of benzene rings is 1. The number of carbonyl (C=O) groups excluding carboxylic acids is 1. The molecule has 86 valence electrons. The number of amides is 1. The van der Waals surface area contributed by atoms with Crippen LogP contribution in [0.25, 0.3) is 0 Å². The van der Waals surface area contributed by atoms with Crippen molar-refractivity contribution in [2.45, 2.75) is 19.8 Å². The molecular formula is C12H16N2OS. The predicted octanol–water partition coefficient (Wildman–Crippen LogP) is 2.08. The number of nitrogens with zero attached hydrogens (tertiary/aromatic N) is 1. The van der Waals surface area contributed by atoms with Gasteiger partial charge in [0.25, 0.3) is 0 Å². The van der Waals surface area contributed by atoms with Crippen molar-refractivity contribution in [3.05, 3.63) is 29.8 Å². The summed E-state index contributed by atoms with van der Waals surface area (Å²) >= 11 is 4.86. The molecule has 0 aliphatic rings. The SMILES string of the molecule is CCCC(=O)N(C)c1ccc(C(N)=S)cc1. The lowest BCUT2D eigenvalue weighted by atomic mass is 10.2. The minimum Gasteiger partial charge on any atom is -0.389 e. The van der Waals surface area contributed by atoms with Gasteiger partial charge in [0.05, 0.1) is 0 Å². The minimum atomic E-state index is 0.116. The number of hydrogen-bond donors (Lipinski definition) is 1. The van der Waals surface area contributed by atoms with Crippen molar-refractivity contribution in [3.63, 3.8) is 0 Å². The maximum Gasteiger partial charge on any atom is 0.226 e. The Bertz CT molecular complexity index is 387. The number of carbonyl (C=O) groups is 1. The van der Waals surface area contributed by atoms with Gasteiger partial charge in [0, 0.05) is 24.7 Å². The van der Waals surface area contributed by atoms with Crippen LogP contribution in [0.4, 0.5) is 5.69 Å². The average Bonchev–Trinajstić information content (AvgIpc) is 2.28. The van der Waals surface area contributed by atoms with Crippen LogP contribution in [0.1, 0.15) is 25.3 Å². The molecule has 0 saturated carbocycles. The lowest BCUT2D eigenvalue weighted by molar-refractivity contribution is -0.118. The van der Waals surface area contributed by atoms with Gasteiger partial charge in [-0.05, 0) is 30.7 Å². The number of hydrogen-bond acceptors (Lipinski definition) is 2. The number of thiocarbonyl (C=S) groups is 1. The summed E-state index contributed by atoms with van der Waals surface area (Å²) in [7, 11) is 1.77. The molecule has 1 amide bonds. The van der Waals surface area contributed by atoms with Crippen LogP contribution in [0, 0.1) is 0 Å². The predicted molar refractivity (Wildman–Crippen MR) is 70.6 cm³/mol. The number of rotatable bonds is 4. The van der Waals surface area contributed by atoms with Crippen molar-refractivity contribution < 1.29 is 4.79 Å². The molecule has 0 fully saturated rings. The molecule has 3 nitrogen and oxygen atoms in total. The Morgan fingerprint density at radius 2 is 1.94 bits per heavy atom. The van der Waals surface area contributed by atoms with Gasteiger partial charge in [-0.3, -0.25) is 4.79 Å². The van der Waals surface area contributed by atoms with Crippen LogP contribution in [-0.4, -0.2) is 17.9 Å². The highest BCUT2D eigenvalue weighted by molar-refractivity contribution is 7.80. The molecule has 1 aromatic rings. The van der Waals surface area contributed by atoms with E-state index in [1.807, 2.05) is 31.2 Å². The van der Waals surface area contributed by atoms with Crippen molar-refractivity contribution in [2.24, 2.45) is 5.73 Å². The maximum atomic E-state index is 11.6. The summed E-state index contributed by atoms with van der Waals surface area (Å²) in [6.45, 7) is 1.99. The first-order valence-corrected chi connectivity index (χ1v) is 5.63. The summed E-state index contributed by atoms with van der Waals surface area (Å²) in [5.74, 6) is 0.116. The van der Waals surface area contributed by atoms with Gasteiger partial charge in [0.1, 0.15) is 4.99 Å². The van der Waals surface area contributed by atoms with Crippen LogP contribution < -0.4 is 10.6 Å². The molecule has 16 heavy (non-hydrogen) atoms. The molecule has 0 unspecified atom stereocenters. The molecular weight excluding hydrogens is 220 g/mol. The fraction of sp³-hybridized carbons (Fsp3) is 0.333. The highest BCUT2D eigenvalue weighted by Gasteiger charge is 2.09.